The highest BCUT2D eigenvalue weighted by Crippen LogP contribution is 2.12. The number of hydrogen-bond donors (Lipinski definition) is 2. The van der Waals surface area contributed by atoms with Crippen LogP contribution in [0.4, 0.5) is 5.82 Å². The number of aryl methyl sites for hydroxylation is 1. The number of pyridine rings is 1. The van der Waals surface area contributed by atoms with E-state index in [1.807, 2.05) is 6.92 Å². The van der Waals surface area contributed by atoms with Gasteiger partial charge in [-0.05, 0) is 18.6 Å². The molecule has 6 nitrogen and oxygen atoms in total. The number of sulfonamides is 1. The molecule has 2 aromatic heterocycles. The zero-order valence-electron chi connectivity index (χ0n) is 8.51. The van der Waals surface area contributed by atoms with Crippen molar-refractivity contribution in [3.63, 3.8) is 0 Å². The van der Waals surface area contributed by atoms with Crippen LogP contribution in [-0.4, -0.2) is 23.6 Å². The molecule has 0 saturated carbocycles. The zero-order chi connectivity index (χ0) is 11.6. The molecule has 0 radical (unpaired) electrons. The summed E-state index contributed by atoms with van der Waals surface area (Å²) in [6.45, 7) is 1.88. The molecule has 0 aliphatic heterocycles. The Morgan fingerprint density at radius 2 is 2.12 bits per heavy atom. The van der Waals surface area contributed by atoms with Crippen molar-refractivity contribution >= 4 is 15.8 Å². The van der Waals surface area contributed by atoms with Gasteiger partial charge >= 0.3 is 0 Å². The predicted octanol–water partition coefficient (Wildman–Crippen LogP) is 0.914. The summed E-state index contributed by atoms with van der Waals surface area (Å²) in [5, 5.41) is 6.02. The Balaban J connectivity index is 2.25. The van der Waals surface area contributed by atoms with E-state index in [9.17, 15) is 8.42 Å². The van der Waals surface area contributed by atoms with Gasteiger partial charge in [0.1, 0.15) is 10.7 Å². The van der Waals surface area contributed by atoms with Crippen LogP contribution in [0.5, 0.6) is 0 Å². The fourth-order valence-corrected chi connectivity index (χ4v) is 2.02. The molecule has 0 aliphatic carbocycles. The monoisotopic (exact) mass is 238 g/mol. The Bertz CT molecular complexity index is 560. The summed E-state index contributed by atoms with van der Waals surface area (Å²) in [5.74, 6) is 0.284. The highest BCUT2D eigenvalue weighted by molar-refractivity contribution is 7.92. The summed E-state index contributed by atoms with van der Waals surface area (Å²) in [5.41, 5.74) is 0.964. The minimum absolute atomic E-state index is 0.0786. The van der Waals surface area contributed by atoms with Crippen LogP contribution in [0, 0.1) is 6.92 Å². The first-order valence-corrected chi connectivity index (χ1v) is 6.00. The van der Waals surface area contributed by atoms with Crippen molar-refractivity contribution in [1.82, 2.24) is 15.2 Å². The van der Waals surface area contributed by atoms with Gasteiger partial charge in [-0.1, -0.05) is 6.07 Å². The number of nitrogens with zero attached hydrogens (tertiary/aromatic N) is 2. The third-order valence-corrected chi connectivity index (χ3v) is 3.26. The summed E-state index contributed by atoms with van der Waals surface area (Å²) in [4.78, 5) is 4.03. The second kappa shape index (κ2) is 3.93. The Hall–Kier alpha value is -1.89. The van der Waals surface area contributed by atoms with E-state index in [1.54, 1.807) is 18.3 Å². The van der Waals surface area contributed by atoms with Crippen molar-refractivity contribution in [3.05, 3.63) is 36.3 Å². The van der Waals surface area contributed by atoms with Crippen LogP contribution in [-0.2, 0) is 10.0 Å². The molecule has 2 aromatic rings. The maximum Gasteiger partial charge on any atom is 0.266 e. The molecular weight excluding hydrogens is 228 g/mol. The molecule has 0 bridgehead atoms. The molecular formula is C9H10N4O2S. The van der Waals surface area contributed by atoms with Crippen LogP contribution in [0.2, 0.25) is 0 Å². The van der Waals surface area contributed by atoms with E-state index < -0.39 is 10.0 Å². The molecule has 2 rings (SSSR count). The first-order valence-electron chi connectivity index (χ1n) is 4.52. The van der Waals surface area contributed by atoms with Gasteiger partial charge in [-0.25, -0.2) is 13.4 Å². The molecule has 0 aromatic carbocycles. The lowest BCUT2D eigenvalue weighted by Crippen LogP contribution is -2.13. The minimum atomic E-state index is -3.59. The van der Waals surface area contributed by atoms with Gasteiger partial charge in [0.15, 0.2) is 0 Å². The van der Waals surface area contributed by atoms with Gasteiger partial charge in [-0.15, -0.1) is 0 Å². The van der Waals surface area contributed by atoms with E-state index in [2.05, 4.69) is 19.9 Å². The quantitative estimate of drug-likeness (QED) is 0.832. The fraction of sp³-hybridized carbons (Fsp3) is 0.111. The van der Waals surface area contributed by atoms with Crippen LogP contribution in [0.15, 0.2) is 35.6 Å². The number of aromatic nitrogens is 3. The Kier molecular flexibility index (Phi) is 2.61. The van der Waals surface area contributed by atoms with Gasteiger partial charge in [-0.3, -0.25) is 9.82 Å². The summed E-state index contributed by atoms with van der Waals surface area (Å²) in [6.07, 6.45) is 4.13. The molecule has 84 valence electrons. The lowest BCUT2D eigenvalue weighted by molar-refractivity contribution is 0.601. The van der Waals surface area contributed by atoms with Crippen LogP contribution < -0.4 is 4.72 Å². The average Bonchev–Trinajstić information content (AvgIpc) is 2.75. The number of nitrogens with one attached hydrogen (secondary N) is 2. The normalized spacial score (nSPS) is 11.3. The lowest BCUT2D eigenvalue weighted by Gasteiger charge is -2.04. The van der Waals surface area contributed by atoms with Gasteiger partial charge in [0, 0.05) is 12.4 Å². The number of H-pyrrole nitrogens is 1. The first-order chi connectivity index (χ1) is 7.58. The molecule has 0 fully saturated rings. The van der Waals surface area contributed by atoms with E-state index in [0.717, 1.165) is 5.56 Å². The molecule has 0 spiro atoms. The third kappa shape index (κ3) is 2.19. The average molecular weight is 238 g/mol. The Morgan fingerprint density at radius 1 is 1.31 bits per heavy atom. The van der Waals surface area contributed by atoms with E-state index in [4.69, 9.17) is 0 Å². The summed E-state index contributed by atoms with van der Waals surface area (Å²) in [7, 11) is -3.59. The molecule has 0 unspecified atom stereocenters. The first kappa shape index (κ1) is 10.6. The highest BCUT2D eigenvalue weighted by atomic mass is 32.2. The van der Waals surface area contributed by atoms with Crippen molar-refractivity contribution < 1.29 is 8.42 Å². The van der Waals surface area contributed by atoms with E-state index in [0.29, 0.717) is 0 Å². The van der Waals surface area contributed by atoms with Crippen LogP contribution >= 0.6 is 0 Å². The molecule has 0 aliphatic rings. The molecule has 0 atom stereocenters. The molecule has 0 saturated heterocycles. The second-order valence-electron chi connectivity index (χ2n) is 3.26. The van der Waals surface area contributed by atoms with Gasteiger partial charge < -0.3 is 0 Å². The molecule has 16 heavy (non-hydrogen) atoms. The van der Waals surface area contributed by atoms with Crippen LogP contribution in [0.3, 0.4) is 0 Å². The minimum Gasteiger partial charge on any atom is -0.284 e. The van der Waals surface area contributed by atoms with Crippen molar-refractivity contribution in [3.8, 4) is 0 Å². The Morgan fingerprint density at radius 3 is 2.69 bits per heavy atom. The smallest absolute Gasteiger partial charge is 0.266 e. The number of rotatable bonds is 3. The van der Waals surface area contributed by atoms with E-state index in [-0.39, 0.29) is 10.7 Å². The van der Waals surface area contributed by atoms with Gasteiger partial charge in [0.25, 0.3) is 10.0 Å². The second-order valence-corrected chi connectivity index (χ2v) is 4.94. The maximum absolute atomic E-state index is 11.7. The SMILES string of the molecule is Cc1ccc(NS(=O)(=O)c2cn[nH]c2)nc1. The summed E-state index contributed by atoms with van der Waals surface area (Å²) >= 11 is 0. The van der Waals surface area contributed by atoms with Crippen molar-refractivity contribution in [1.29, 1.82) is 0 Å². The van der Waals surface area contributed by atoms with Crippen LogP contribution in [0.25, 0.3) is 0 Å². The van der Waals surface area contributed by atoms with E-state index >= 15 is 0 Å². The zero-order valence-corrected chi connectivity index (χ0v) is 9.32. The van der Waals surface area contributed by atoms with Crippen molar-refractivity contribution in [2.45, 2.75) is 11.8 Å². The van der Waals surface area contributed by atoms with Crippen molar-refractivity contribution in [2.75, 3.05) is 4.72 Å². The lowest BCUT2D eigenvalue weighted by atomic mass is 10.3. The molecule has 0 amide bonds. The topological polar surface area (TPSA) is 87.7 Å². The molecule has 7 heteroatoms. The fourth-order valence-electron chi connectivity index (χ4n) is 1.11. The third-order valence-electron chi connectivity index (χ3n) is 1.93. The maximum atomic E-state index is 11.7. The number of aromatic amines is 1. The van der Waals surface area contributed by atoms with Crippen molar-refractivity contribution in [2.24, 2.45) is 0 Å². The number of anilines is 1. The van der Waals surface area contributed by atoms with E-state index in [1.165, 1.54) is 12.4 Å². The largest absolute Gasteiger partial charge is 0.284 e. The standard InChI is InChI=1S/C9H10N4O2S/c1-7-2-3-9(10-4-7)13-16(14,15)8-5-11-12-6-8/h2-6H,1H3,(H,10,13)(H,11,12). The van der Waals surface area contributed by atoms with Gasteiger partial charge in [-0.2, -0.15) is 5.10 Å². The number of hydrogen-bond acceptors (Lipinski definition) is 4. The van der Waals surface area contributed by atoms with Gasteiger partial charge in [0.2, 0.25) is 0 Å². The van der Waals surface area contributed by atoms with Gasteiger partial charge in [0.05, 0.1) is 6.20 Å². The molecule has 2 heterocycles. The molecule has 2 N–H and O–H groups in total. The van der Waals surface area contributed by atoms with Crippen LogP contribution in [0.1, 0.15) is 5.56 Å². The highest BCUT2D eigenvalue weighted by Gasteiger charge is 2.15. The predicted molar refractivity (Wildman–Crippen MR) is 58.4 cm³/mol. The summed E-state index contributed by atoms with van der Waals surface area (Å²) < 4.78 is 25.8. The summed E-state index contributed by atoms with van der Waals surface area (Å²) in [6, 6.07) is 3.38. The Labute approximate surface area is 92.8 Å².